The van der Waals surface area contributed by atoms with Gasteiger partial charge in [0.2, 0.25) is 10.9 Å². The van der Waals surface area contributed by atoms with Gasteiger partial charge in [-0.2, -0.15) is 0 Å². The molecule has 2 aromatic heterocycles. The van der Waals surface area contributed by atoms with Crippen molar-refractivity contribution in [2.75, 3.05) is 4.90 Å². The van der Waals surface area contributed by atoms with E-state index in [4.69, 9.17) is 16.0 Å². The minimum atomic E-state index is -0.905. The number of rotatable bonds is 7. The van der Waals surface area contributed by atoms with Crippen molar-refractivity contribution in [2.45, 2.75) is 23.1 Å². The van der Waals surface area contributed by atoms with E-state index in [1.54, 1.807) is 37.3 Å². The number of aliphatic hydroxyl groups is 1. The highest BCUT2D eigenvalue weighted by Gasteiger charge is 2.46. The second-order valence-electron chi connectivity index (χ2n) is 7.86. The third-order valence-electron chi connectivity index (χ3n) is 5.51. The Morgan fingerprint density at radius 3 is 2.61 bits per heavy atom. The average Bonchev–Trinajstić information content (AvgIpc) is 3.57. The number of ketones is 1. The highest BCUT2D eigenvalue weighted by molar-refractivity contribution is 9.10. The smallest absolute Gasteiger partial charge is 0.296 e. The number of hydrogen-bond acceptors (Lipinski definition) is 8. The molecule has 5 rings (SSSR count). The number of anilines is 1. The summed E-state index contributed by atoms with van der Waals surface area (Å²) in [7, 11) is 0. The van der Waals surface area contributed by atoms with Crippen LogP contribution in [0.4, 0.5) is 5.13 Å². The molecule has 0 radical (unpaired) electrons. The van der Waals surface area contributed by atoms with E-state index >= 15 is 0 Å². The van der Waals surface area contributed by atoms with Crippen LogP contribution in [0.3, 0.4) is 0 Å². The maximum Gasteiger partial charge on any atom is 0.296 e. The second-order valence-corrected chi connectivity index (χ2v) is 11.4. The topological polar surface area (TPSA) is 96.5 Å². The third kappa shape index (κ3) is 4.73. The predicted octanol–water partition coefficient (Wildman–Crippen LogP) is 6.93. The lowest BCUT2D eigenvalue weighted by Gasteiger charge is -2.23. The van der Waals surface area contributed by atoms with Crippen LogP contribution in [0, 0.1) is 6.92 Å². The molecule has 3 heterocycles. The van der Waals surface area contributed by atoms with Crippen molar-refractivity contribution < 1.29 is 19.1 Å². The first-order valence-electron chi connectivity index (χ1n) is 10.7. The highest BCUT2D eigenvalue weighted by Crippen LogP contribution is 2.44. The standard InChI is InChI=1S/C25H17BrClN3O4S2/c1-13-6-11-18(34-13)21(31)19-20(14-7-9-16(26)10-8-14)30(23(33)22(19)32)24-28-29-25(36-24)35-12-15-4-2-3-5-17(15)27/h2-11,20,32H,12H2,1H3. The molecule has 7 nitrogen and oxygen atoms in total. The maximum absolute atomic E-state index is 13.4. The van der Waals surface area contributed by atoms with Crippen LogP contribution in [-0.4, -0.2) is 27.0 Å². The van der Waals surface area contributed by atoms with Gasteiger partial charge in [0.15, 0.2) is 15.9 Å². The molecule has 0 spiro atoms. The minimum Gasteiger partial charge on any atom is -0.503 e. The number of nitrogens with zero attached hydrogens (tertiary/aromatic N) is 3. The van der Waals surface area contributed by atoms with Crippen LogP contribution in [0.15, 0.2) is 85.2 Å². The molecule has 1 N–H and O–H groups in total. The molecule has 0 bridgehead atoms. The summed E-state index contributed by atoms with van der Waals surface area (Å²) in [4.78, 5) is 28.0. The number of thioether (sulfide) groups is 1. The van der Waals surface area contributed by atoms with Crippen molar-refractivity contribution in [3.05, 3.63) is 104 Å². The average molecular weight is 603 g/mol. The molecule has 1 amide bonds. The summed E-state index contributed by atoms with van der Waals surface area (Å²) in [6.07, 6.45) is 0. The van der Waals surface area contributed by atoms with Gasteiger partial charge in [0.25, 0.3) is 5.91 Å². The van der Waals surface area contributed by atoms with Crippen molar-refractivity contribution >= 4 is 67.5 Å². The Balaban J connectivity index is 1.50. The quantitative estimate of drug-likeness (QED) is 0.139. The van der Waals surface area contributed by atoms with Gasteiger partial charge >= 0.3 is 0 Å². The molecule has 2 aromatic carbocycles. The summed E-state index contributed by atoms with van der Waals surface area (Å²) in [5.41, 5.74) is 1.51. The van der Waals surface area contributed by atoms with Crippen molar-refractivity contribution in [3.8, 4) is 0 Å². The number of aryl methyl sites for hydroxylation is 1. The summed E-state index contributed by atoms with van der Waals surface area (Å²) in [5, 5.41) is 20.2. The summed E-state index contributed by atoms with van der Waals surface area (Å²) in [5.74, 6) is -0.773. The zero-order valence-electron chi connectivity index (χ0n) is 18.6. The van der Waals surface area contributed by atoms with E-state index in [0.717, 1.165) is 10.0 Å². The summed E-state index contributed by atoms with van der Waals surface area (Å²) in [6, 6.07) is 17.0. The fourth-order valence-corrected chi connectivity index (χ4v) is 6.22. The molecule has 0 aliphatic carbocycles. The van der Waals surface area contributed by atoms with Gasteiger partial charge in [0, 0.05) is 15.2 Å². The molecule has 0 fully saturated rings. The molecule has 11 heteroatoms. The number of furan rings is 1. The lowest BCUT2D eigenvalue weighted by atomic mass is 9.95. The zero-order valence-corrected chi connectivity index (χ0v) is 22.6. The largest absolute Gasteiger partial charge is 0.503 e. The molecule has 1 atom stereocenters. The number of halogens is 2. The van der Waals surface area contributed by atoms with E-state index in [9.17, 15) is 14.7 Å². The van der Waals surface area contributed by atoms with Gasteiger partial charge in [0.05, 0.1) is 11.6 Å². The molecule has 1 aliphatic rings. The Bertz CT molecular complexity index is 1500. The number of hydrogen-bond donors (Lipinski definition) is 1. The summed E-state index contributed by atoms with van der Waals surface area (Å²) >= 11 is 12.3. The number of aliphatic hydroxyl groups excluding tert-OH is 1. The van der Waals surface area contributed by atoms with Crippen LogP contribution in [-0.2, 0) is 10.5 Å². The van der Waals surface area contributed by atoms with E-state index in [-0.39, 0.29) is 16.5 Å². The third-order valence-corrected chi connectivity index (χ3v) is 8.52. The van der Waals surface area contributed by atoms with Gasteiger partial charge in [-0.1, -0.05) is 81.0 Å². The van der Waals surface area contributed by atoms with E-state index < -0.39 is 23.5 Å². The van der Waals surface area contributed by atoms with Crippen LogP contribution in [0.5, 0.6) is 0 Å². The van der Waals surface area contributed by atoms with Gasteiger partial charge in [-0.3, -0.25) is 14.5 Å². The second kappa shape index (κ2) is 10.2. The molecule has 0 saturated carbocycles. The van der Waals surface area contributed by atoms with E-state index in [1.807, 2.05) is 24.3 Å². The van der Waals surface area contributed by atoms with Crippen LogP contribution < -0.4 is 4.90 Å². The Morgan fingerprint density at radius 1 is 1.17 bits per heavy atom. The minimum absolute atomic E-state index is 0.0408. The molecule has 1 unspecified atom stereocenters. The Hall–Kier alpha value is -2.92. The van der Waals surface area contributed by atoms with Gasteiger partial charge in [0.1, 0.15) is 5.76 Å². The number of carbonyl (C=O) groups excluding carboxylic acids is 2. The van der Waals surface area contributed by atoms with Gasteiger partial charge in [-0.15, -0.1) is 10.2 Å². The number of benzene rings is 2. The van der Waals surface area contributed by atoms with Crippen molar-refractivity contribution in [2.24, 2.45) is 0 Å². The van der Waals surface area contributed by atoms with Gasteiger partial charge in [-0.25, -0.2) is 0 Å². The summed E-state index contributed by atoms with van der Waals surface area (Å²) < 4.78 is 6.95. The van der Waals surface area contributed by atoms with Crippen LogP contribution in [0.25, 0.3) is 0 Å². The summed E-state index contributed by atoms with van der Waals surface area (Å²) in [6.45, 7) is 1.71. The monoisotopic (exact) mass is 601 g/mol. The van der Waals surface area contributed by atoms with Crippen molar-refractivity contribution in [1.29, 1.82) is 0 Å². The predicted molar refractivity (Wildman–Crippen MR) is 143 cm³/mol. The molecule has 36 heavy (non-hydrogen) atoms. The van der Waals surface area contributed by atoms with Gasteiger partial charge < -0.3 is 9.52 Å². The number of amides is 1. The van der Waals surface area contributed by atoms with E-state index in [1.165, 1.54) is 34.1 Å². The highest BCUT2D eigenvalue weighted by atomic mass is 79.9. The Morgan fingerprint density at radius 2 is 1.92 bits per heavy atom. The van der Waals surface area contributed by atoms with E-state index in [0.29, 0.717) is 26.4 Å². The number of aromatic nitrogens is 2. The van der Waals surface area contributed by atoms with E-state index in [2.05, 4.69) is 26.1 Å². The maximum atomic E-state index is 13.4. The van der Waals surface area contributed by atoms with Crippen LogP contribution in [0.1, 0.15) is 33.5 Å². The SMILES string of the molecule is Cc1ccc(C(=O)C2=C(O)C(=O)N(c3nnc(SCc4ccccc4Cl)s3)C2c2ccc(Br)cc2)o1. The van der Waals surface area contributed by atoms with Crippen molar-refractivity contribution in [3.63, 3.8) is 0 Å². The molecule has 4 aromatic rings. The fourth-order valence-electron chi connectivity index (χ4n) is 3.80. The first kappa shape index (κ1) is 24.8. The Kier molecular flexibility index (Phi) is 7.03. The normalized spacial score (nSPS) is 15.7. The number of carbonyl (C=O) groups is 2. The first-order chi connectivity index (χ1) is 17.3. The fraction of sp³-hybridized carbons (Fsp3) is 0.120. The lowest BCUT2D eigenvalue weighted by molar-refractivity contribution is -0.117. The molecule has 0 saturated heterocycles. The van der Waals surface area contributed by atoms with Gasteiger partial charge in [-0.05, 0) is 48.4 Å². The molecule has 182 valence electrons. The number of Topliss-reactive ketones (excluding diaryl/α,β-unsaturated/α-hetero) is 1. The lowest BCUT2D eigenvalue weighted by Crippen LogP contribution is -2.31. The van der Waals surface area contributed by atoms with Crippen molar-refractivity contribution in [1.82, 2.24) is 10.2 Å². The molecular weight excluding hydrogens is 586 g/mol. The Labute approximate surface area is 227 Å². The molecular formula is C25H17BrClN3O4S2. The molecule has 1 aliphatic heterocycles. The zero-order chi connectivity index (χ0) is 25.4. The van der Waals surface area contributed by atoms with Crippen LogP contribution in [0.2, 0.25) is 5.02 Å². The first-order valence-corrected chi connectivity index (χ1v) is 13.6. The van der Waals surface area contributed by atoms with Crippen LogP contribution >= 0.6 is 50.6 Å².